The first-order valence-corrected chi connectivity index (χ1v) is 15.0. The number of amides is 1. The first kappa shape index (κ1) is 28.4. The number of benzene rings is 1. The fourth-order valence-corrected chi connectivity index (χ4v) is 7.23. The zero-order valence-corrected chi connectivity index (χ0v) is 24.4. The predicted octanol–water partition coefficient (Wildman–Crippen LogP) is 3.65. The van der Waals surface area contributed by atoms with Crippen LogP contribution in [-0.2, 0) is 27.4 Å². The Kier molecular flexibility index (Phi) is 8.02. The molecule has 0 radical (unpaired) electrons. The van der Waals surface area contributed by atoms with E-state index < -0.39 is 11.8 Å². The van der Waals surface area contributed by atoms with Gasteiger partial charge in [-0.15, -0.1) is 11.3 Å². The molecule has 1 atom stereocenters. The molecule has 4 heterocycles. The van der Waals surface area contributed by atoms with Crippen molar-refractivity contribution < 1.29 is 23.4 Å². The van der Waals surface area contributed by atoms with Crippen molar-refractivity contribution >= 4 is 27.5 Å². The number of hydrogen-bond acceptors (Lipinski definition) is 9. The van der Waals surface area contributed by atoms with E-state index >= 15 is 0 Å². The van der Waals surface area contributed by atoms with Crippen LogP contribution >= 0.6 is 11.3 Å². The van der Waals surface area contributed by atoms with Crippen LogP contribution in [0.5, 0.6) is 5.75 Å². The van der Waals surface area contributed by atoms with Crippen molar-refractivity contribution in [2.45, 2.75) is 57.9 Å². The van der Waals surface area contributed by atoms with E-state index in [1.165, 1.54) is 22.2 Å². The summed E-state index contributed by atoms with van der Waals surface area (Å²) in [7, 11) is 1.61. The van der Waals surface area contributed by atoms with Crippen molar-refractivity contribution in [1.29, 1.82) is 0 Å². The van der Waals surface area contributed by atoms with E-state index in [1.54, 1.807) is 17.9 Å². The molecule has 1 aromatic carbocycles. The summed E-state index contributed by atoms with van der Waals surface area (Å²) in [6, 6.07) is 7.62. The number of nitrogens with zero attached hydrogens (tertiary/aromatic N) is 3. The fourth-order valence-electron chi connectivity index (χ4n) is 5.99. The number of ether oxygens (including phenoxy) is 3. The highest BCUT2D eigenvalue weighted by molar-refractivity contribution is 7.22. The van der Waals surface area contributed by atoms with Gasteiger partial charge in [0.25, 0.3) is 5.56 Å². The van der Waals surface area contributed by atoms with Gasteiger partial charge < -0.3 is 24.4 Å². The number of carbonyl (C=O) groups is 1. The molecule has 11 nitrogen and oxygen atoms in total. The van der Waals surface area contributed by atoms with Crippen LogP contribution in [-0.4, -0.2) is 46.5 Å². The van der Waals surface area contributed by atoms with Crippen molar-refractivity contribution in [3.8, 4) is 16.5 Å². The van der Waals surface area contributed by atoms with Gasteiger partial charge in [0.05, 0.1) is 36.2 Å². The molecule has 0 spiro atoms. The molecule has 1 aliphatic carbocycles. The molecule has 1 saturated heterocycles. The maximum absolute atomic E-state index is 14.2. The maximum atomic E-state index is 14.2. The molecular weight excluding hydrogens is 560 g/mol. The zero-order chi connectivity index (χ0) is 29.4. The highest BCUT2D eigenvalue weighted by Crippen LogP contribution is 2.38. The van der Waals surface area contributed by atoms with E-state index in [0.29, 0.717) is 58.4 Å². The highest BCUT2D eigenvalue weighted by Gasteiger charge is 2.35. The third-order valence-electron chi connectivity index (χ3n) is 8.36. The van der Waals surface area contributed by atoms with Crippen LogP contribution in [0.15, 0.2) is 50.7 Å². The molecule has 0 unspecified atom stereocenters. The number of nitrogens with two attached hydrogens (primary N) is 1. The summed E-state index contributed by atoms with van der Waals surface area (Å²) in [5, 5.41) is 0.448. The molecule has 0 bridgehead atoms. The van der Waals surface area contributed by atoms with E-state index in [9.17, 15) is 14.4 Å². The van der Waals surface area contributed by atoms with Gasteiger partial charge in [-0.1, -0.05) is 18.2 Å². The first-order chi connectivity index (χ1) is 20.4. The highest BCUT2D eigenvalue weighted by atomic mass is 32.1. The molecule has 3 aromatic heterocycles. The molecule has 1 aliphatic heterocycles. The molecule has 2 aliphatic rings. The monoisotopic (exact) mass is 594 g/mol. The number of hydrogen-bond donors (Lipinski definition) is 1. The second kappa shape index (κ2) is 11.9. The minimum Gasteiger partial charge on any atom is -0.496 e. The second-order valence-corrected chi connectivity index (χ2v) is 12.0. The summed E-state index contributed by atoms with van der Waals surface area (Å²) in [5.41, 5.74) is 6.20. The Labute approximate surface area is 245 Å². The number of fused-ring (bicyclic) bond motifs is 1. The van der Waals surface area contributed by atoms with E-state index in [-0.39, 0.29) is 42.5 Å². The molecule has 42 heavy (non-hydrogen) atoms. The summed E-state index contributed by atoms with van der Waals surface area (Å²) in [5.74, 6) is 0.482. The Morgan fingerprint density at radius 2 is 1.95 bits per heavy atom. The van der Waals surface area contributed by atoms with Gasteiger partial charge >= 0.3 is 5.69 Å². The molecule has 2 N–H and O–H groups in total. The zero-order valence-electron chi connectivity index (χ0n) is 23.6. The van der Waals surface area contributed by atoms with E-state index in [4.69, 9.17) is 24.4 Å². The Bertz CT molecular complexity index is 1690. The van der Waals surface area contributed by atoms with Gasteiger partial charge in [-0.05, 0) is 50.2 Å². The average molecular weight is 595 g/mol. The summed E-state index contributed by atoms with van der Waals surface area (Å²) < 4.78 is 26.4. The lowest BCUT2D eigenvalue weighted by Gasteiger charge is -2.33. The van der Waals surface area contributed by atoms with Gasteiger partial charge in [-0.2, -0.15) is 0 Å². The molecule has 12 heteroatoms. The van der Waals surface area contributed by atoms with Gasteiger partial charge in [-0.25, -0.2) is 9.78 Å². The molecule has 4 aromatic rings. The third kappa shape index (κ3) is 5.30. The Morgan fingerprint density at radius 1 is 1.19 bits per heavy atom. The van der Waals surface area contributed by atoms with Gasteiger partial charge in [0, 0.05) is 31.2 Å². The Hall–Kier alpha value is -3.74. The summed E-state index contributed by atoms with van der Waals surface area (Å²) in [4.78, 5) is 45.3. The fraction of sp³-hybridized carbons (Fsp3) is 0.467. The van der Waals surface area contributed by atoms with Crippen molar-refractivity contribution in [1.82, 2.24) is 14.1 Å². The smallest absolute Gasteiger partial charge is 0.332 e. The normalized spacial score (nSPS) is 20.0. The van der Waals surface area contributed by atoms with Crippen LogP contribution in [0.4, 0.5) is 0 Å². The van der Waals surface area contributed by atoms with Crippen molar-refractivity contribution in [3.63, 3.8) is 0 Å². The van der Waals surface area contributed by atoms with Gasteiger partial charge in [0.1, 0.15) is 22.9 Å². The standard InChI is InChI=1S/C30H34N4O7S/c1-17-24-28(36)33(15-18-13-19(14-18)26(31)35)30(37)34(29(24)42-25(17)27-32-9-12-40-27)16-23(41-20-7-10-39-11-8-20)21-5-3-4-6-22(21)38-2/h3-6,9,12,18-20,23H,7-8,10-11,13-16H2,1-2H3,(H2,31,35)/t18?,19?,23-/m0/s1. The summed E-state index contributed by atoms with van der Waals surface area (Å²) in [6.07, 6.45) is 5.03. The largest absolute Gasteiger partial charge is 0.496 e. The molecule has 1 saturated carbocycles. The number of carbonyl (C=O) groups excluding carboxylic acids is 1. The summed E-state index contributed by atoms with van der Waals surface area (Å²) in [6.45, 7) is 3.43. The minimum absolute atomic E-state index is 0.00690. The molecule has 6 rings (SSSR count). The first-order valence-electron chi connectivity index (χ1n) is 14.2. The molecule has 222 valence electrons. The molecule has 1 amide bonds. The lowest BCUT2D eigenvalue weighted by atomic mass is 9.74. The minimum atomic E-state index is -0.536. The number of para-hydroxylation sites is 1. The predicted molar refractivity (Wildman–Crippen MR) is 157 cm³/mol. The van der Waals surface area contributed by atoms with Crippen LogP contribution in [0.2, 0.25) is 0 Å². The number of thiophene rings is 1. The molecular formula is C30H34N4O7S. The van der Waals surface area contributed by atoms with Crippen LogP contribution in [0.1, 0.15) is 42.9 Å². The number of primary amides is 1. The third-order valence-corrected chi connectivity index (χ3v) is 9.66. The van der Waals surface area contributed by atoms with Crippen LogP contribution < -0.4 is 21.7 Å². The molecule has 2 fully saturated rings. The van der Waals surface area contributed by atoms with Crippen LogP contribution in [0.3, 0.4) is 0 Å². The topological polar surface area (TPSA) is 141 Å². The van der Waals surface area contributed by atoms with E-state index in [2.05, 4.69) is 4.98 Å². The van der Waals surface area contributed by atoms with E-state index in [0.717, 1.165) is 18.4 Å². The van der Waals surface area contributed by atoms with Crippen molar-refractivity contribution in [2.75, 3.05) is 20.3 Å². The lowest BCUT2D eigenvalue weighted by Crippen LogP contribution is -2.45. The van der Waals surface area contributed by atoms with Crippen LogP contribution in [0, 0.1) is 18.8 Å². The summed E-state index contributed by atoms with van der Waals surface area (Å²) >= 11 is 1.31. The average Bonchev–Trinajstić information content (AvgIpc) is 3.62. The quantitative estimate of drug-likeness (QED) is 0.293. The maximum Gasteiger partial charge on any atom is 0.332 e. The SMILES string of the molecule is COc1ccccc1[C@H](Cn1c(=O)n(CC2CC(C(N)=O)C2)c(=O)c2c(C)c(-c3ncco3)sc21)OC1CCOCC1. The van der Waals surface area contributed by atoms with Gasteiger partial charge in [0.15, 0.2) is 0 Å². The van der Waals surface area contributed by atoms with Crippen LogP contribution in [0.25, 0.3) is 21.0 Å². The van der Waals surface area contributed by atoms with Crippen molar-refractivity contribution in [3.05, 3.63) is 68.7 Å². The Morgan fingerprint density at radius 3 is 2.64 bits per heavy atom. The lowest BCUT2D eigenvalue weighted by molar-refractivity contribution is -0.125. The number of oxazole rings is 1. The number of aryl methyl sites for hydroxylation is 1. The number of rotatable bonds is 10. The van der Waals surface area contributed by atoms with Crippen molar-refractivity contribution in [2.24, 2.45) is 17.6 Å². The van der Waals surface area contributed by atoms with Gasteiger partial charge in [-0.3, -0.25) is 18.7 Å². The van der Waals surface area contributed by atoms with Gasteiger partial charge in [0.2, 0.25) is 11.8 Å². The Balaban J connectivity index is 1.48. The van der Waals surface area contributed by atoms with E-state index in [1.807, 2.05) is 31.2 Å². The number of methoxy groups -OCH3 is 1. The number of aromatic nitrogens is 3. The second-order valence-electron chi connectivity index (χ2n) is 11.0.